The fraction of sp³-hybridized carbons (Fsp3) is 0.333. The summed E-state index contributed by atoms with van der Waals surface area (Å²) < 4.78 is 18.6. The van der Waals surface area contributed by atoms with Crippen LogP contribution in [-0.2, 0) is 38.6 Å². The van der Waals surface area contributed by atoms with Crippen LogP contribution in [0.3, 0.4) is 0 Å². The predicted molar refractivity (Wildman–Crippen MR) is 172 cm³/mol. The maximum atomic E-state index is 12.7. The van der Waals surface area contributed by atoms with Gasteiger partial charge >= 0.3 is 12.0 Å². The Kier molecular flexibility index (Phi) is 11.6. The molecule has 2 heterocycles. The molecule has 4 atom stereocenters. The molecule has 4 aromatic rings. The van der Waals surface area contributed by atoms with Crippen molar-refractivity contribution in [2.75, 3.05) is 12.9 Å². The number of amides is 2. The minimum Gasteiger partial charge on any atom is -0.467 e. The topological polar surface area (TPSA) is 132 Å². The molecule has 1 aliphatic heterocycles. The molecule has 3 aromatic carbocycles. The lowest BCUT2D eigenvalue weighted by molar-refractivity contribution is -0.245. The Hall–Kier alpha value is -3.81. The first-order chi connectivity index (χ1) is 21.9. The molecule has 0 spiro atoms. The zero-order valence-corrected chi connectivity index (χ0v) is 26.7. The highest BCUT2D eigenvalue weighted by Gasteiger charge is 2.32. The van der Waals surface area contributed by atoms with Crippen LogP contribution in [0.25, 0.3) is 0 Å². The predicted octanol–water partition coefficient (Wildman–Crippen LogP) is 5.26. The number of hydrogen-bond acceptors (Lipinski definition) is 10. The van der Waals surface area contributed by atoms with Gasteiger partial charge in [0.15, 0.2) is 10.6 Å². The fourth-order valence-corrected chi connectivity index (χ4v) is 6.75. The van der Waals surface area contributed by atoms with Crippen LogP contribution in [0.4, 0.5) is 4.79 Å². The number of benzene rings is 3. The number of hydrogen-bond donors (Lipinski definition) is 3. The molecule has 1 aliphatic rings. The van der Waals surface area contributed by atoms with Gasteiger partial charge in [0, 0.05) is 30.7 Å². The van der Waals surface area contributed by atoms with Crippen molar-refractivity contribution in [1.82, 2.24) is 20.8 Å². The molecule has 0 aliphatic carbocycles. The number of methoxy groups -OCH3 is 1. The van der Waals surface area contributed by atoms with E-state index in [0.29, 0.717) is 18.6 Å². The van der Waals surface area contributed by atoms with Crippen molar-refractivity contribution in [3.63, 3.8) is 0 Å². The van der Waals surface area contributed by atoms with Crippen LogP contribution in [0.5, 0.6) is 0 Å². The Labute approximate surface area is 270 Å². The van der Waals surface area contributed by atoms with E-state index in [2.05, 4.69) is 20.8 Å². The second-order valence-electron chi connectivity index (χ2n) is 10.6. The van der Waals surface area contributed by atoms with E-state index in [1.165, 1.54) is 7.11 Å². The first-order valence-corrected chi connectivity index (χ1v) is 16.4. The number of carbonyl (C=O) groups excluding carboxylic acids is 2. The quantitative estimate of drug-likeness (QED) is 0.139. The Morgan fingerprint density at radius 3 is 2.36 bits per heavy atom. The van der Waals surface area contributed by atoms with Crippen LogP contribution in [0.15, 0.2) is 83.2 Å². The molecule has 0 bridgehead atoms. The third kappa shape index (κ3) is 9.35. The van der Waals surface area contributed by atoms with Gasteiger partial charge in [-0.2, -0.15) is 0 Å². The van der Waals surface area contributed by atoms with Crippen LogP contribution in [0.2, 0.25) is 0 Å². The molecular formula is C33H36N4O6S2. The van der Waals surface area contributed by atoms with Crippen molar-refractivity contribution >= 4 is 35.1 Å². The summed E-state index contributed by atoms with van der Waals surface area (Å²) in [5, 5.41) is 24.3. The van der Waals surface area contributed by atoms with Gasteiger partial charge in [0.25, 0.3) is 0 Å². The van der Waals surface area contributed by atoms with Crippen LogP contribution in [-0.4, -0.2) is 52.3 Å². The van der Waals surface area contributed by atoms with Crippen molar-refractivity contribution in [2.24, 2.45) is 0 Å². The highest BCUT2D eigenvalue weighted by Crippen LogP contribution is 2.39. The van der Waals surface area contributed by atoms with Crippen molar-refractivity contribution in [1.29, 1.82) is 0 Å². The Morgan fingerprint density at radius 1 is 0.978 bits per heavy atom. The molecule has 0 saturated carbocycles. The van der Waals surface area contributed by atoms with E-state index in [-0.39, 0.29) is 25.4 Å². The van der Waals surface area contributed by atoms with Crippen LogP contribution >= 0.6 is 23.1 Å². The monoisotopic (exact) mass is 648 g/mol. The lowest BCUT2D eigenvalue weighted by atomic mass is 10.0. The van der Waals surface area contributed by atoms with Gasteiger partial charge in [-0.1, -0.05) is 102 Å². The number of aryl methyl sites for hydroxylation is 1. The van der Waals surface area contributed by atoms with E-state index in [1.807, 2.05) is 85.8 Å². The first-order valence-electron chi connectivity index (χ1n) is 14.6. The molecular weight excluding hydrogens is 613 g/mol. The molecule has 236 valence electrons. The van der Waals surface area contributed by atoms with Gasteiger partial charge in [-0.15, -0.1) is 10.2 Å². The molecule has 12 heteroatoms. The largest absolute Gasteiger partial charge is 0.467 e. The van der Waals surface area contributed by atoms with Crippen molar-refractivity contribution in [3.05, 3.63) is 112 Å². The molecule has 10 nitrogen and oxygen atoms in total. The molecule has 1 fully saturated rings. The lowest BCUT2D eigenvalue weighted by Gasteiger charge is -2.36. The van der Waals surface area contributed by atoms with Crippen LogP contribution in [0, 0.1) is 6.92 Å². The number of ether oxygens (including phenoxy) is 3. The smallest absolute Gasteiger partial charge is 0.328 e. The molecule has 2 amide bonds. The van der Waals surface area contributed by atoms with Crippen molar-refractivity contribution < 1.29 is 28.9 Å². The van der Waals surface area contributed by atoms with Gasteiger partial charge < -0.3 is 30.0 Å². The Bertz CT molecular complexity index is 1540. The van der Waals surface area contributed by atoms with Gasteiger partial charge in [0.05, 0.1) is 25.9 Å². The molecule has 45 heavy (non-hydrogen) atoms. The Balaban J connectivity index is 1.21. The number of aliphatic hydroxyl groups is 1. The third-order valence-corrected chi connectivity index (χ3v) is 9.40. The van der Waals surface area contributed by atoms with Crippen LogP contribution < -0.4 is 10.6 Å². The highest BCUT2D eigenvalue weighted by atomic mass is 32.2. The average Bonchev–Trinajstić information content (AvgIpc) is 3.51. The summed E-state index contributed by atoms with van der Waals surface area (Å²) in [7, 11) is 1.30. The summed E-state index contributed by atoms with van der Waals surface area (Å²) >= 11 is 3.19. The maximum Gasteiger partial charge on any atom is 0.328 e. The summed E-state index contributed by atoms with van der Waals surface area (Å²) in [6.07, 6.45) is 0.121. The molecule has 1 saturated heterocycles. The average molecular weight is 649 g/mol. The second-order valence-corrected chi connectivity index (χ2v) is 13.0. The van der Waals surface area contributed by atoms with E-state index in [4.69, 9.17) is 14.2 Å². The zero-order chi connectivity index (χ0) is 31.6. The second kappa shape index (κ2) is 16.0. The number of carbonyl (C=O) groups is 2. The summed E-state index contributed by atoms with van der Waals surface area (Å²) in [5.41, 5.74) is 4.51. The van der Waals surface area contributed by atoms with Gasteiger partial charge in [0.2, 0.25) is 0 Å². The number of nitrogens with one attached hydrogen (secondary N) is 2. The number of thioether (sulfide) groups is 1. The summed E-state index contributed by atoms with van der Waals surface area (Å²) in [4.78, 5) is 25.0. The fourth-order valence-electron chi connectivity index (χ4n) is 4.89. The number of esters is 1. The maximum absolute atomic E-state index is 12.7. The van der Waals surface area contributed by atoms with Crippen LogP contribution in [0.1, 0.15) is 51.6 Å². The Morgan fingerprint density at radius 2 is 1.69 bits per heavy atom. The number of aromatic nitrogens is 2. The molecule has 1 aromatic heterocycles. The first kappa shape index (κ1) is 32.6. The number of rotatable bonds is 12. The highest BCUT2D eigenvalue weighted by molar-refractivity contribution is 8.01. The number of urea groups is 1. The van der Waals surface area contributed by atoms with E-state index in [1.54, 1.807) is 23.1 Å². The summed E-state index contributed by atoms with van der Waals surface area (Å²) in [5.74, 6) is 0.192. The molecule has 5 rings (SSSR count). The minimum atomic E-state index is -0.810. The minimum absolute atomic E-state index is 0.0134. The summed E-state index contributed by atoms with van der Waals surface area (Å²) in [6, 6.07) is 23.7. The van der Waals surface area contributed by atoms with Gasteiger partial charge in [0.1, 0.15) is 11.0 Å². The summed E-state index contributed by atoms with van der Waals surface area (Å²) in [6.45, 7) is 2.18. The molecule has 0 radical (unpaired) electrons. The van der Waals surface area contributed by atoms with Gasteiger partial charge in [-0.3, -0.25) is 0 Å². The van der Waals surface area contributed by atoms with E-state index in [9.17, 15) is 14.7 Å². The lowest BCUT2D eigenvalue weighted by Crippen LogP contribution is -2.47. The molecule has 3 N–H and O–H groups in total. The standard InChI is InChI=1S/C33H36N4O6S2/c1-21-36-37-33(45-21)44-20-27-17-29(25-12-10-24(19-38)11-13-25)43-31(42-27)26-14-8-23(9-15-26)18-34-32(40)35-28(30(39)41-2)16-22-6-4-3-5-7-22/h3-15,27-29,31,38H,16-20H2,1-2H3,(H2,34,35,40)/t27-,28-,29+,31+/m0/s1. The van der Waals surface area contributed by atoms with Gasteiger partial charge in [-0.05, 0) is 29.2 Å². The normalized spacial score (nSPS) is 18.6. The zero-order valence-electron chi connectivity index (χ0n) is 25.0. The number of nitrogens with zero attached hydrogens (tertiary/aromatic N) is 2. The molecule has 0 unspecified atom stereocenters. The number of aliphatic hydroxyl groups excluding tert-OH is 1. The van der Waals surface area contributed by atoms with Gasteiger partial charge in [-0.25, -0.2) is 9.59 Å². The van der Waals surface area contributed by atoms with Crippen molar-refractivity contribution in [3.8, 4) is 0 Å². The SMILES string of the molecule is COC(=O)[C@H](Cc1ccccc1)NC(=O)NCc1ccc([C@@H]2O[C@H](CSc3nnc(C)s3)C[C@H](c3ccc(CO)cc3)O2)cc1. The third-order valence-electron chi connectivity index (χ3n) is 7.29. The van der Waals surface area contributed by atoms with E-state index < -0.39 is 24.3 Å². The van der Waals surface area contributed by atoms with Crippen molar-refractivity contribution in [2.45, 2.75) is 61.8 Å². The van der Waals surface area contributed by atoms with E-state index >= 15 is 0 Å². The van der Waals surface area contributed by atoms with E-state index in [0.717, 1.165) is 37.2 Å².